The lowest BCUT2D eigenvalue weighted by atomic mass is 10.0. The number of nitrogens with one attached hydrogen (secondary N) is 2. The lowest BCUT2D eigenvalue weighted by molar-refractivity contribution is -0.00914. The average molecular weight is 293 g/mol. The predicted octanol–water partition coefficient (Wildman–Crippen LogP) is 2.05. The van der Waals surface area contributed by atoms with E-state index in [2.05, 4.69) is 15.8 Å². The molecule has 1 aromatic rings. The first kappa shape index (κ1) is 14.4. The maximum atomic E-state index is 12.0. The molecule has 2 heterocycles. The summed E-state index contributed by atoms with van der Waals surface area (Å²) in [5.41, 5.74) is 1.78. The summed E-state index contributed by atoms with van der Waals surface area (Å²) in [5, 5.41) is 9.82. The van der Waals surface area contributed by atoms with Gasteiger partial charge in [-0.05, 0) is 45.4 Å². The summed E-state index contributed by atoms with van der Waals surface area (Å²) >= 11 is 0. The molecule has 116 valence electrons. The van der Waals surface area contributed by atoms with Crippen LogP contribution in [0.4, 0.5) is 4.79 Å². The van der Waals surface area contributed by atoms with E-state index in [4.69, 9.17) is 9.26 Å². The van der Waals surface area contributed by atoms with Crippen LogP contribution in [0.5, 0.6) is 0 Å². The van der Waals surface area contributed by atoms with Gasteiger partial charge >= 0.3 is 6.03 Å². The highest BCUT2D eigenvalue weighted by molar-refractivity contribution is 5.74. The number of aryl methyl sites for hydroxylation is 2. The van der Waals surface area contributed by atoms with Crippen molar-refractivity contribution >= 4 is 6.03 Å². The highest BCUT2D eigenvalue weighted by Gasteiger charge is 2.36. The monoisotopic (exact) mass is 293 g/mol. The van der Waals surface area contributed by atoms with Gasteiger partial charge < -0.3 is 19.9 Å². The van der Waals surface area contributed by atoms with Crippen molar-refractivity contribution in [2.75, 3.05) is 6.61 Å². The SMILES string of the molecule is Cc1noc(C)c1CNC(=O)N[C@@H]1CCO[C@H](C2CC2)C1. The molecule has 1 aliphatic carbocycles. The summed E-state index contributed by atoms with van der Waals surface area (Å²) < 4.78 is 10.9. The third-order valence-corrected chi connectivity index (χ3v) is 4.41. The van der Waals surface area contributed by atoms with Gasteiger partial charge in [-0.3, -0.25) is 0 Å². The zero-order chi connectivity index (χ0) is 14.8. The Labute approximate surface area is 124 Å². The molecule has 0 spiro atoms. The van der Waals surface area contributed by atoms with E-state index in [1.165, 1.54) is 12.8 Å². The van der Waals surface area contributed by atoms with Crippen molar-refractivity contribution < 1.29 is 14.1 Å². The van der Waals surface area contributed by atoms with Crippen LogP contribution in [0, 0.1) is 19.8 Å². The fourth-order valence-electron chi connectivity index (χ4n) is 2.91. The zero-order valence-electron chi connectivity index (χ0n) is 12.6. The molecule has 1 saturated carbocycles. The van der Waals surface area contributed by atoms with E-state index in [9.17, 15) is 4.79 Å². The molecule has 6 heteroatoms. The topological polar surface area (TPSA) is 76.4 Å². The number of rotatable bonds is 4. The van der Waals surface area contributed by atoms with E-state index in [0.29, 0.717) is 12.6 Å². The van der Waals surface area contributed by atoms with E-state index >= 15 is 0 Å². The molecular weight excluding hydrogens is 270 g/mol. The van der Waals surface area contributed by atoms with Crippen molar-refractivity contribution in [3.8, 4) is 0 Å². The molecule has 2 atom stereocenters. The molecule has 2 fully saturated rings. The first-order chi connectivity index (χ1) is 10.1. The van der Waals surface area contributed by atoms with Crippen LogP contribution in [-0.2, 0) is 11.3 Å². The van der Waals surface area contributed by atoms with Crippen molar-refractivity contribution in [3.05, 3.63) is 17.0 Å². The number of urea groups is 1. The van der Waals surface area contributed by atoms with Crippen LogP contribution in [0.3, 0.4) is 0 Å². The van der Waals surface area contributed by atoms with Gasteiger partial charge in [-0.1, -0.05) is 5.16 Å². The van der Waals surface area contributed by atoms with Gasteiger partial charge in [0.2, 0.25) is 0 Å². The second kappa shape index (κ2) is 6.05. The second-order valence-corrected chi connectivity index (χ2v) is 6.10. The highest BCUT2D eigenvalue weighted by atomic mass is 16.5. The van der Waals surface area contributed by atoms with E-state index in [0.717, 1.165) is 42.4 Å². The van der Waals surface area contributed by atoms with E-state index in [1.54, 1.807) is 0 Å². The summed E-state index contributed by atoms with van der Waals surface area (Å²) in [4.78, 5) is 12.0. The molecular formula is C15H23N3O3. The molecule has 1 aromatic heterocycles. The quantitative estimate of drug-likeness (QED) is 0.890. The summed E-state index contributed by atoms with van der Waals surface area (Å²) in [5.74, 6) is 1.48. The first-order valence-electron chi connectivity index (χ1n) is 7.71. The lowest BCUT2D eigenvalue weighted by Gasteiger charge is -2.30. The molecule has 0 aromatic carbocycles. The minimum absolute atomic E-state index is 0.128. The van der Waals surface area contributed by atoms with E-state index in [-0.39, 0.29) is 12.1 Å². The van der Waals surface area contributed by atoms with E-state index in [1.807, 2.05) is 13.8 Å². The lowest BCUT2D eigenvalue weighted by Crippen LogP contribution is -2.46. The van der Waals surface area contributed by atoms with Crippen LogP contribution >= 0.6 is 0 Å². The number of hydrogen-bond donors (Lipinski definition) is 2. The molecule has 0 unspecified atom stereocenters. The molecule has 6 nitrogen and oxygen atoms in total. The largest absolute Gasteiger partial charge is 0.378 e. The van der Waals surface area contributed by atoms with Gasteiger partial charge in [0.1, 0.15) is 5.76 Å². The Bertz CT molecular complexity index is 491. The molecule has 1 saturated heterocycles. The number of carbonyl (C=O) groups excluding carboxylic acids is 1. The van der Waals surface area contributed by atoms with Crippen molar-refractivity contribution in [1.29, 1.82) is 0 Å². The van der Waals surface area contributed by atoms with Crippen LogP contribution in [-0.4, -0.2) is 29.9 Å². The van der Waals surface area contributed by atoms with Crippen LogP contribution in [0.2, 0.25) is 0 Å². The molecule has 2 amide bonds. The molecule has 21 heavy (non-hydrogen) atoms. The Kier molecular flexibility index (Phi) is 4.14. The smallest absolute Gasteiger partial charge is 0.315 e. The highest BCUT2D eigenvalue weighted by Crippen LogP contribution is 2.38. The van der Waals surface area contributed by atoms with Crippen LogP contribution < -0.4 is 10.6 Å². The second-order valence-electron chi connectivity index (χ2n) is 6.10. The first-order valence-corrected chi connectivity index (χ1v) is 7.71. The number of ether oxygens (including phenoxy) is 1. The summed E-state index contributed by atoms with van der Waals surface area (Å²) in [6.45, 7) is 4.93. The fourth-order valence-corrected chi connectivity index (χ4v) is 2.91. The predicted molar refractivity (Wildman–Crippen MR) is 76.8 cm³/mol. The number of amides is 2. The zero-order valence-corrected chi connectivity index (χ0v) is 12.6. The van der Waals surface area contributed by atoms with Crippen molar-refractivity contribution in [2.45, 2.75) is 58.2 Å². The van der Waals surface area contributed by atoms with Crippen LogP contribution in [0.25, 0.3) is 0 Å². The number of aromatic nitrogens is 1. The summed E-state index contributed by atoms with van der Waals surface area (Å²) in [7, 11) is 0. The number of nitrogens with zero attached hydrogens (tertiary/aromatic N) is 1. The molecule has 2 N–H and O–H groups in total. The Morgan fingerprint density at radius 1 is 1.33 bits per heavy atom. The molecule has 0 bridgehead atoms. The minimum Gasteiger partial charge on any atom is -0.378 e. The van der Waals surface area contributed by atoms with Gasteiger partial charge in [-0.2, -0.15) is 0 Å². The van der Waals surface area contributed by atoms with Crippen LogP contribution in [0.1, 0.15) is 42.7 Å². The van der Waals surface area contributed by atoms with E-state index < -0.39 is 0 Å². The Morgan fingerprint density at radius 2 is 2.14 bits per heavy atom. The molecule has 3 rings (SSSR count). The van der Waals surface area contributed by atoms with Crippen molar-refractivity contribution in [2.24, 2.45) is 5.92 Å². The molecule has 2 aliphatic rings. The Balaban J connectivity index is 1.45. The van der Waals surface area contributed by atoms with Gasteiger partial charge in [-0.25, -0.2) is 4.79 Å². The molecule has 1 aliphatic heterocycles. The van der Waals surface area contributed by atoms with Crippen molar-refractivity contribution in [1.82, 2.24) is 15.8 Å². The van der Waals surface area contributed by atoms with Gasteiger partial charge in [0.15, 0.2) is 0 Å². The average Bonchev–Trinajstić information content (AvgIpc) is 3.25. The van der Waals surface area contributed by atoms with Crippen LogP contribution in [0.15, 0.2) is 4.52 Å². The van der Waals surface area contributed by atoms with Gasteiger partial charge in [0.25, 0.3) is 0 Å². The number of carbonyl (C=O) groups is 1. The summed E-state index contributed by atoms with van der Waals surface area (Å²) in [6.07, 6.45) is 4.71. The van der Waals surface area contributed by atoms with Gasteiger partial charge in [-0.15, -0.1) is 0 Å². The van der Waals surface area contributed by atoms with Gasteiger partial charge in [0.05, 0.1) is 11.8 Å². The maximum Gasteiger partial charge on any atom is 0.315 e. The van der Waals surface area contributed by atoms with Gasteiger partial charge in [0, 0.05) is 24.8 Å². The maximum absolute atomic E-state index is 12.0. The molecule has 0 radical (unpaired) electrons. The standard InChI is InChI=1S/C15H23N3O3/c1-9-13(10(2)21-18-9)8-16-15(19)17-12-5-6-20-14(7-12)11-3-4-11/h11-12,14H,3-8H2,1-2H3,(H2,16,17,19)/t12-,14+/m1/s1. The number of hydrogen-bond acceptors (Lipinski definition) is 4. The Hall–Kier alpha value is -1.56. The Morgan fingerprint density at radius 3 is 2.81 bits per heavy atom. The summed E-state index contributed by atoms with van der Waals surface area (Å²) in [6, 6.07) is 0.0884. The minimum atomic E-state index is -0.128. The third kappa shape index (κ3) is 3.56. The van der Waals surface area contributed by atoms with Crippen molar-refractivity contribution in [3.63, 3.8) is 0 Å². The normalized spacial score (nSPS) is 25.6. The third-order valence-electron chi connectivity index (χ3n) is 4.41. The fraction of sp³-hybridized carbons (Fsp3) is 0.733.